The Morgan fingerprint density at radius 3 is 2.86 bits per heavy atom. The normalized spacial score (nSPS) is 22.1. The molecule has 14 heteroatoms. The van der Waals surface area contributed by atoms with Crippen LogP contribution in [-0.2, 0) is 20.9 Å². The number of benzene rings is 1. The molecule has 3 aromatic rings. The van der Waals surface area contributed by atoms with Crippen LogP contribution in [0.1, 0.15) is 51.1 Å². The number of aromatic amines is 1. The van der Waals surface area contributed by atoms with Crippen molar-refractivity contribution in [2.75, 3.05) is 19.8 Å². The van der Waals surface area contributed by atoms with Crippen molar-refractivity contribution in [3.05, 3.63) is 53.4 Å². The first-order valence-electron chi connectivity index (χ1n) is 11.4. The summed E-state index contributed by atoms with van der Waals surface area (Å²) in [7, 11) is 0. The van der Waals surface area contributed by atoms with Gasteiger partial charge in [0.25, 0.3) is 11.8 Å². The van der Waals surface area contributed by atoms with Gasteiger partial charge in [0, 0.05) is 25.1 Å². The maximum absolute atomic E-state index is 13.2. The number of aromatic nitrogens is 6. The van der Waals surface area contributed by atoms with Crippen LogP contribution in [0.2, 0.25) is 0 Å². The summed E-state index contributed by atoms with van der Waals surface area (Å²) in [5, 5.41) is 17.1. The molecule has 1 aromatic carbocycles. The smallest absolute Gasteiger partial charge is 0.276 e. The van der Waals surface area contributed by atoms with Crippen molar-refractivity contribution in [1.29, 1.82) is 0 Å². The van der Waals surface area contributed by atoms with Gasteiger partial charge < -0.3 is 14.5 Å². The van der Waals surface area contributed by atoms with E-state index in [-0.39, 0.29) is 43.0 Å². The number of hydrogen-bond donors (Lipinski definition) is 2. The van der Waals surface area contributed by atoms with Gasteiger partial charge in [0.2, 0.25) is 11.8 Å². The van der Waals surface area contributed by atoms with E-state index in [1.54, 1.807) is 23.1 Å². The molecular formula is C22H21N9O5. The van der Waals surface area contributed by atoms with Gasteiger partial charge in [-0.15, -0.1) is 5.10 Å². The summed E-state index contributed by atoms with van der Waals surface area (Å²) >= 11 is 0. The zero-order valence-electron chi connectivity index (χ0n) is 19.0. The minimum absolute atomic E-state index is 0.156. The number of H-pyrrole nitrogens is 1. The van der Waals surface area contributed by atoms with Crippen LogP contribution in [0.25, 0.3) is 5.69 Å². The second kappa shape index (κ2) is 8.64. The summed E-state index contributed by atoms with van der Waals surface area (Å²) < 4.78 is 6.99. The molecule has 6 rings (SSSR count). The summed E-state index contributed by atoms with van der Waals surface area (Å²) in [5.74, 6) is -0.834. The summed E-state index contributed by atoms with van der Waals surface area (Å²) in [6.45, 7) is 1.29. The Kier molecular flexibility index (Phi) is 5.29. The van der Waals surface area contributed by atoms with Crippen LogP contribution < -0.4 is 5.32 Å². The Balaban J connectivity index is 1.21. The van der Waals surface area contributed by atoms with E-state index in [1.165, 1.54) is 22.1 Å². The number of carbonyl (C=O) groups excluding carboxylic acids is 4. The number of carbonyl (C=O) groups is 4. The molecule has 184 valence electrons. The lowest BCUT2D eigenvalue weighted by Crippen LogP contribution is -2.52. The van der Waals surface area contributed by atoms with Crippen molar-refractivity contribution in [3.8, 4) is 5.69 Å². The Bertz CT molecular complexity index is 1370. The average molecular weight is 491 g/mol. The summed E-state index contributed by atoms with van der Waals surface area (Å²) in [6.07, 6.45) is 3.40. The third kappa shape index (κ3) is 3.71. The van der Waals surface area contributed by atoms with Gasteiger partial charge in [-0.1, -0.05) is 5.21 Å². The summed E-state index contributed by atoms with van der Waals surface area (Å²) in [4.78, 5) is 57.2. The van der Waals surface area contributed by atoms with E-state index >= 15 is 0 Å². The fourth-order valence-corrected chi connectivity index (χ4v) is 4.79. The van der Waals surface area contributed by atoms with Crippen molar-refractivity contribution in [3.63, 3.8) is 0 Å². The molecule has 2 aromatic heterocycles. The summed E-state index contributed by atoms with van der Waals surface area (Å²) in [5.41, 5.74) is 1.99. The molecule has 0 bridgehead atoms. The Morgan fingerprint density at radius 2 is 2.06 bits per heavy atom. The van der Waals surface area contributed by atoms with Crippen LogP contribution in [0, 0.1) is 0 Å². The van der Waals surface area contributed by atoms with Crippen molar-refractivity contribution in [2.45, 2.75) is 31.5 Å². The van der Waals surface area contributed by atoms with Crippen LogP contribution in [0.15, 0.2) is 30.7 Å². The van der Waals surface area contributed by atoms with Gasteiger partial charge in [-0.3, -0.25) is 29.6 Å². The SMILES string of the molecule is O=C1CCC(N2Cc3cc(-n4cc(C(=O)N5CCOCC5c5ncn[nH]5)nn4)ccc3C2=O)C(=O)N1. The largest absolute Gasteiger partial charge is 0.377 e. The Hall–Kier alpha value is -4.46. The molecule has 4 amide bonds. The van der Waals surface area contributed by atoms with Crippen molar-refractivity contribution in [1.82, 2.24) is 45.3 Å². The van der Waals surface area contributed by atoms with E-state index in [0.717, 1.165) is 5.56 Å². The molecule has 2 saturated heterocycles. The van der Waals surface area contributed by atoms with Gasteiger partial charge in [-0.05, 0) is 30.2 Å². The van der Waals surface area contributed by atoms with Gasteiger partial charge in [0.15, 0.2) is 5.69 Å². The van der Waals surface area contributed by atoms with Crippen molar-refractivity contribution in [2.24, 2.45) is 0 Å². The molecule has 0 spiro atoms. The van der Waals surface area contributed by atoms with Crippen LogP contribution in [0.3, 0.4) is 0 Å². The van der Waals surface area contributed by atoms with Gasteiger partial charge in [0.05, 0.1) is 25.1 Å². The standard InChI is InChI=1S/C22H21N9O5/c32-18-4-3-16(20(33)25-18)30-8-12-7-13(1-2-14(12)21(30)34)31-9-15(26-28-31)22(35)29-5-6-36-10-17(29)19-23-11-24-27-19/h1-2,7,9,11,16-17H,3-6,8,10H2,(H,23,24,27)(H,25,32,33). The molecule has 3 aliphatic heterocycles. The monoisotopic (exact) mass is 491 g/mol. The van der Waals surface area contributed by atoms with Gasteiger partial charge in [-0.25, -0.2) is 9.67 Å². The van der Waals surface area contributed by atoms with E-state index in [4.69, 9.17) is 4.74 Å². The highest BCUT2D eigenvalue weighted by molar-refractivity contribution is 6.05. The lowest BCUT2D eigenvalue weighted by Gasteiger charge is -2.33. The number of nitrogens with one attached hydrogen (secondary N) is 2. The van der Waals surface area contributed by atoms with Gasteiger partial charge in [0.1, 0.15) is 24.2 Å². The van der Waals surface area contributed by atoms with E-state index in [9.17, 15) is 19.2 Å². The number of piperidine rings is 1. The molecule has 0 saturated carbocycles. The molecule has 14 nitrogen and oxygen atoms in total. The Labute approximate surface area is 203 Å². The molecule has 36 heavy (non-hydrogen) atoms. The maximum atomic E-state index is 13.2. The van der Waals surface area contributed by atoms with E-state index in [1.807, 2.05) is 0 Å². The van der Waals surface area contributed by atoms with Gasteiger partial charge >= 0.3 is 0 Å². The molecule has 2 fully saturated rings. The highest BCUT2D eigenvalue weighted by atomic mass is 16.5. The minimum Gasteiger partial charge on any atom is -0.377 e. The van der Waals surface area contributed by atoms with Crippen molar-refractivity contribution < 1.29 is 23.9 Å². The number of rotatable bonds is 4. The molecule has 0 aliphatic carbocycles. The van der Waals surface area contributed by atoms with Crippen LogP contribution in [0.4, 0.5) is 0 Å². The molecule has 2 unspecified atom stereocenters. The molecular weight excluding hydrogens is 470 g/mol. The van der Waals surface area contributed by atoms with Crippen LogP contribution in [-0.4, -0.2) is 89.4 Å². The highest BCUT2D eigenvalue weighted by Gasteiger charge is 2.39. The van der Waals surface area contributed by atoms with E-state index in [2.05, 4.69) is 30.8 Å². The molecule has 0 radical (unpaired) electrons. The second-order valence-electron chi connectivity index (χ2n) is 8.75. The quantitative estimate of drug-likeness (QED) is 0.451. The zero-order chi connectivity index (χ0) is 24.8. The number of fused-ring (bicyclic) bond motifs is 1. The Morgan fingerprint density at radius 1 is 1.17 bits per heavy atom. The first kappa shape index (κ1) is 22.0. The van der Waals surface area contributed by atoms with Crippen LogP contribution >= 0.6 is 0 Å². The number of imide groups is 1. The van der Waals surface area contributed by atoms with E-state index in [0.29, 0.717) is 36.6 Å². The number of nitrogens with zero attached hydrogens (tertiary/aromatic N) is 7. The molecule has 3 aliphatic rings. The molecule has 2 N–H and O–H groups in total. The van der Waals surface area contributed by atoms with Crippen molar-refractivity contribution >= 4 is 23.6 Å². The lowest BCUT2D eigenvalue weighted by molar-refractivity contribution is -0.136. The predicted octanol–water partition coefficient (Wildman–Crippen LogP) is -0.640. The minimum atomic E-state index is -0.688. The average Bonchev–Trinajstić information content (AvgIpc) is 3.65. The maximum Gasteiger partial charge on any atom is 0.276 e. The predicted molar refractivity (Wildman–Crippen MR) is 118 cm³/mol. The third-order valence-corrected chi connectivity index (χ3v) is 6.62. The first-order valence-corrected chi connectivity index (χ1v) is 11.4. The highest BCUT2D eigenvalue weighted by Crippen LogP contribution is 2.29. The van der Waals surface area contributed by atoms with Gasteiger partial charge in [-0.2, -0.15) is 5.10 Å². The topological polar surface area (TPSA) is 168 Å². The lowest BCUT2D eigenvalue weighted by atomic mass is 10.0. The van der Waals surface area contributed by atoms with Crippen LogP contribution in [0.5, 0.6) is 0 Å². The fourth-order valence-electron chi connectivity index (χ4n) is 4.79. The summed E-state index contributed by atoms with van der Waals surface area (Å²) in [6, 6.07) is 4.06. The zero-order valence-corrected chi connectivity index (χ0v) is 19.0. The van der Waals surface area contributed by atoms with E-state index < -0.39 is 18.0 Å². The molecule has 2 atom stereocenters. The first-order chi connectivity index (χ1) is 17.5. The number of ether oxygens (including phenoxy) is 1. The number of amides is 4. The second-order valence-corrected chi connectivity index (χ2v) is 8.75. The molecule has 5 heterocycles. The fraction of sp³-hybridized carbons (Fsp3) is 0.364. The number of morpholine rings is 1. The number of hydrogen-bond acceptors (Lipinski definition) is 9. The third-order valence-electron chi connectivity index (χ3n) is 6.62.